The van der Waals surface area contributed by atoms with Crippen LogP contribution in [0.2, 0.25) is 0 Å². The van der Waals surface area contributed by atoms with Crippen LogP contribution in [-0.2, 0) is 19.4 Å². The Balaban J connectivity index is 1.37. The molecule has 2 aromatic rings. The van der Waals surface area contributed by atoms with Crippen molar-refractivity contribution in [2.24, 2.45) is 0 Å². The molecule has 2 aliphatic rings. The van der Waals surface area contributed by atoms with Crippen molar-refractivity contribution in [3.63, 3.8) is 0 Å². The van der Waals surface area contributed by atoms with E-state index < -0.39 is 21.8 Å². The van der Waals surface area contributed by atoms with E-state index in [1.54, 1.807) is 55.7 Å². The first-order valence-corrected chi connectivity index (χ1v) is 13.4. The summed E-state index contributed by atoms with van der Waals surface area (Å²) in [5, 5.41) is 0. The summed E-state index contributed by atoms with van der Waals surface area (Å²) in [6.07, 6.45) is 5.07. The van der Waals surface area contributed by atoms with Crippen LogP contribution in [0.3, 0.4) is 0 Å². The normalized spacial score (nSPS) is 20.9. The minimum atomic E-state index is -3.13. The Hall–Kier alpha value is -2.95. The predicted molar refractivity (Wildman–Crippen MR) is 136 cm³/mol. The van der Waals surface area contributed by atoms with E-state index in [9.17, 15) is 18.0 Å². The standard InChI is InChI=1S/C24H21NO6S3/c1-30-19-7-2-16(3-8-19)6-11-22(26)31-20-9-4-17(5-10-20)14-21-23(27)25(24(32)33-21)18-12-13-34(28,29)15-18/h2-11,14,18H,12-13,15H2,1H3/b11-6+,21-14+. The average molecular weight is 516 g/mol. The van der Waals surface area contributed by atoms with Crippen LogP contribution in [0, 0.1) is 0 Å². The van der Waals surface area contributed by atoms with Gasteiger partial charge in [0.25, 0.3) is 5.91 Å². The topological polar surface area (TPSA) is 90.0 Å². The lowest BCUT2D eigenvalue weighted by molar-refractivity contribution is -0.129. The number of ether oxygens (including phenoxy) is 2. The Bertz CT molecular complexity index is 1280. The number of benzene rings is 2. The Labute approximate surface area is 207 Å². The van der Waals surface area contributed by atoms with E-state index >= 15 is 0 Å². The largest absolute Gasteiger partial charge is 0.497 e. The predicted octanol–water partition coefficient (Wildman–Crippen LogP) is 3.70. The van der Waals surface area contributed by atoms with Gasteiger partial charge < -0.3 is 9.47 Å². The number of carbonyl (C=O) groups is 2. The van der Waals surface area contributed by atoms with Crippen molar-refractivity contribution < 1.29 is 27.5 Å². The zero-order chi connectivity index (χ0) is 24.3. The van der Waals surface area contributed by atoms with Crippen molar-refractivity contribution in [1.82, 2.24) is 4.90 Å². The molecule has 7 nitrogen and oxygen atoms in total. The van der Waals surface area contributed by atoms with Gasteiger partial charge in [0.05, 0.1) is 29.6 Å². The van der Waals surface area contributed by atoms with Crippen LogP contribution in [0.5, 0.6) is 11.5 Å². The third kappa shape index (κ3) is 5.75. The molecule has 0 radical (unpaired) electrons. The van der Waals surface area contributed by atoms with Crippen molar-refractivity contribution in [2.45, 2.75) is 12.5 Å². The number of carbonyl (C=O) groups excluding carboxylic acids is 2. The van der Waals surface area contributed by atoms with Crippen molar-refractivity contribution in [3.8, 4) is 11.5 Å². The molecule has 1 atom stereocenters. The number of sulfone groups is 1. The fourth-order valence-corrected chi connectivity index (χ4v) is 6.69. The van der Waals surface area contributed by atoms with Crippen LogP contribution in [0.1, 0.15) is 17.5 Å². The molecule has 1 amide bonds. The number of hydrogen-bond acceptors (Lipinski definition) is 8. The number of thiocarbonyl (C=S) groups is 1. The molecular formula is C24H21NO6S3. The number of rotatable bonds is 6. The van der Waals surface area contributed by atoms with E-state index in [1.165, 1.54) is 11.0 Å². The van der Waals surface area contributed by atoms with E-state index in [4.69, 9.17) is 21.7 Å². The van der Waals surface area contributed by atoms with E-state index in [0.717, 1.165) is 28.6 Å². The quantitative estimate of drug-likeness (QED) is 0.249. The zero-order valence-corrected chi connectivity index (χ0v) is 20.6. The summed E-state index contributed by atoms with van der Waals surface area (Å²) in [4.78, 5) is 26.8. The maximum atomic E-state index is 12.8. The first kappa shape index (κ1) is 24.2. The molecule has 2 heterocycles. The van der Waals surface area contributed by atoms with E-state index in [-0.39, 0.29) is 17.4 Å². The smallest absolute Gasteiger partial charge is 0.336 e. The monoisotopic (exact) mass is 515 g/mol. The third-order valence-corrected chi connectivity index (χ3v) is 8.40. The molecule has 176 valence electrons. The average Bonchev–Trinajstić information content (AvgIpc) is 3.31. The fraction of sp³-hybridized carbons (Fsp3) is 0.208. The van der Waals surface area contributed by atoms with Crippen LogP contribution < -0.4 is 9.47 Å². The summed E-state index contributed by atoms with van der Waals surface area (Å²) < 4.78 is 34.4. The van der Waals surface area contributed by atoms with E-state index in [1.807, 2.05) is 12.1 Å². The number of hydrogen-bond donors (Lipinski definition) is 0. The van der Waals surface area contributed by atoms with Crippen LogP contribution >= 0.6 is 24.0 Å². The Morgan fingerprint density at radius 2 is 1.74 bits per heavy atom. The van der Waals surface area contributed by atoms with Crippen molar-refractivity contribution in [3.05, 3.63) is 70.6 Å². The molecule has 0 saturated carbocycles. The number of nitrogens with zero attached hydrogens (tertiary/aromatic N) is 1. The zero-order valence-electron chi connectivity index (χ0n) is 18.2. The van der Waals surface area contributed by atoms with Gasteiger partial charge in [0, 0.05) is 6.08 Å². The highest BCUT2D eigenvalue weighted by Crippen LogP contribution is 2.36. The lowest BCUT2D eigenvalue weighted by Crippen LogP contribution is -2.39. The second kappa shape index (κ2) is 10.1. The number of thioether (sulfide) groups is 1. The Morgan fingerprint density at radius 1 is 1.09 bits per heavy atom. The molecule has 0 N–H and O–H groups in total. The van der Waals surface area contributed by atoms with Crippen molar-refractivity contribution in [2.75, 3.05) is 18.6 Å². The van der Waals surface area contributed by atoms with Gasteiger partial charge in [-0.05, 0) is 54.0 Å². The fourth-order valence-electron chi connectivity index (χ4n) is 3.59. The molecule has 0 aliphatic carbocycles. The highest BCUT2D eigenvalue weighted by atomic mass is 32.2. The molecule has 2 aliphatic heterocycles. The highest BCUT2D eigenvalue weighted by molar-refractivity contribution is 8.26. The maximum absolute atomic E-state index is 12.8. The molecule has 4 rings (SSSR count). The Morgan fingerprint density at radius 3 is 2.35 bits per heavy atom. The van der Waals surface area contributed by atoms with Gasteiger partial charge in [-0.15, -0.1) is 0 Å². The first-order chi connectivity index (χ1) is 16.2. The summed E-state index contributed by atoms with van der Waals surface area (Å²) in [6.45, 7) is 0. The van der Waals surface area contributed by atoms with Crippen molar-refractivity contribution >= 4 is 62.2 Å². The SMILES string of the molecule is COc1ccc(/C=C/C(=O)Oc2ccc(/C=C3/SC(=S)N(C4CCS(=O)(=O)C4)C3=O)cc2)cc1. The summed E-state index contributed by atoms with van der Waals surface area (Å²) >= 11 is 6.48. The summed E-state index contributed by atoms with van der Waals surface area (Å²) in [5.41, 5.74) is 1.56. The van der Waals surface area contributed by atoms with Gasteiger partial charge >= 0.3 is 5.97 Å². The molecule has 2 fully saturated rings. The van der Waals surface area contributed by atoms with Crippen LogP contribution in [0.15, 0.2) is 59.5 Å². The molecule has 2 aromatic carbocycles. The molecule has 0 spiro atoms. The highest BCUT2D eigenvalue weighted by Gasteiger charge is 2.42. The third-order valence-electron chi connectivity index (χ3n) is 5.32. The van der Waals surface area contributed by atoms with Crippen molar-refractivity contribution in [1.29, 1.82) is 0 Å². The van der Waals surface area contributed by atoms with Gasteiger partial charge in [-0.2, -0.15) is 0 Å². The first-order valence-electron chi connectivity index (χ1n) is 10.4. The minimum absolute atomic E-state index is 0.0559. The second-order valence-corrected chi connectivity index (χ2v) is 11.6. The molecule has 10 heteroatoms. The van der Waals surface area contributed by atoms with Gasteiger partial charge in [-0.1, -0.05) is 48.2 Å². The van der Waals surface area contributed by atoms with Crippen LogP contribution in [0.25, 0.3) is 12.2 Å². The lowest BCUT2D eigenvalue weighted by atomic mass is 10.2. The molecule has 0 aromatic heterocycles. The van der Waals surface area contributed by atoms with Crippen LogP contribution in [-0.4, -0.2) is 54.2 Å². The number of esters is 1. The van der Waals surface area contributed by atoms with Gasteiger partial charge in [0.15, 0.2) is 9.84 Å². The molecule has 1 unspecified atom stereocenters. The lowest BCUT2D eigenvalue weighted by Gasteiger charge is -2.20. The minimum Gasteiger partial charge on any atom is -0.497 e. The number of methoxy groups -OCH3 is 1. The molecular weight excluding hydrogens is 494 g/mol. The molecule has 34 heavy (non-hydrogen) atoms. The van der Waals surface area contributed by atoms with Gasteiger partial charge in [0.2, 0.25) is 0 Å². The molecule has 0 bridgehead atoms. The van der Waals surface area contributed by atoms with Crippen LogP contribution in [0.4, 0.5) is 0 Å². The van der Waals surface area contributed by atoms with Gasteiger partial charge in [-0.3, -0.25) is 9.69 Å². The van der Waals surface area contributed by atoms with E-state index in [2.05, 4.69) is 0 Å². The molecule has 2 saturated heterocycles. The number of amides is 1. The maximum Gasteiger partial charge on any atom is 0.336 e. The second-order valence-electron chi connectivity index (χ2n) is 7.71. The van der Waals surface area contributed by atoms with Gasteiger partial charge in [-0.25, -0.2) is 13.2 Å². The van der Waals surface area contributed by atoms with E-state index in [0.29, 0.717) is 21.4 Å². The summed E-state index contributed by atoms with van der Waals surface area (Å²) in [5.74, 6) is 0.314. The van der Waals surface area contributed by atoms with Gasteiger partial charge in [0.1, 0.15) is 15.8 Å². The summed E-state index contributed by atoms with van der Waals surface area (Å²) in [7, 11) is -1.54. The summed E-state index contributed by atoms with van der Waals surface area (Å²) in [6, 6.07) is 13.6. The Kier molecular flexibility index (Phi) is 7.20.